The summed E-state index contributed by atoms with van der Waals surface area (Å²) >= 11 is 0. The number of carbonyl (C=O) groups excluding carboxylic acids is 1. The Bertz CT molecular complexity index is 710. The number of aromatic nitrogens is 2. The average molecular weight is 322 g/mol. The molecule has 2 heterocycles. The van der Waals surface area contributed by atoms with Gasteiger partial charge in [-0.1, -0.05) is 24.3 Å². The van der Waals surface area contributed by atoms with Gasteiger partial charge in [-0.3, -0.25) is 4.79 Å². The first-order chi connectivity index (χ1) is 11.8. The van der Waals surface area contributed by atoms with Crippen LogP contribution in [0.4, 0.5) is 5.95 Å². The topological polar surface area (TPSA) is 49.3 Å². The molecule has 1 amide bonds. The number of piperazine rings is 1. The van der Waals surface area contributed by atoms with E-state index in [4.69, 9.17) is 0 Å². The third-order valence-electron chi connectivity index (χ3n) is 5.15. The van der Waals surface area contributed by atoms with Gasteiger partial charge in [0.2, 0.25) is 11.9 Å². The molecular weight excluding hydrogens is 300 g/mol. The maximum atomic E-state index is 12.7. The van der Waals surface area contributed by atoms with E-state index >= 15 is 0 Å². The number of carbonyl (C=O) groups is 1. The Morgan fingerprint density at radius 2 is 1.79 bits per heavy atom. The molecule has 0 saturated carbocycles. The zero-order valence-corrected chi connectivity index (χ0v) is 13.8. The molecule has 5 heteroatoms. The molecule has 1 fully saturated rings. The van der Waals surface area contributed by atoms with Crippen molar-refractivity contribution < 1.29 is 4.79 Å². The number of anilines is 1. The summed E-state index contributed by atoms with van der Waals surface area (Å²) in [5.41, 5.74) is 2.79. The Kier molecular flexibility index (Phi) is 4.15. The molecule has 0 unspecified atom stereocenters. The zero-order chi connectivity index (χ0) is 16.4. The van der Waals surface area contributed by atoms with Gasteiger partial charge in [-0.2, -0.15) is 0 Å². The van der Waals surface area contributed by atoms with Gasteiger partial charge in [-0.25, -0.2) is 9.97 Å². The highest BCUT2D eigenvalue weighted by molar-refractivity contribution is 5.77. The van der Waals surface area contributed by atoms with Gasteiger partial charge in [-0.05, 0) is 36.0 Å². The minimum Gasteiger partial charge on any atom is -0.339 e. The lowest BCUT2D eigenvalue weighted by Crippen LogP contribution is -2.49. The summed E-state index contributed by atoms with van der Waals surface area (Å²) < 4.78 is 0. The molecule has 124 valence electrons. The number of hydrogen-bond acceptors (Lipinski definition) is 4. The van der Waals surface area contributed by atoms with Gasteiger partial charge in [0.05, 0.1) is 0 Å². The molecule has 2 aliphatic rings. The molecule has 1 aliphatic heterocycles. The minimum absolute atomic E-state index is 0.283. The smallest absolute Gasteiger partial charge is 0.225 e. The number of fused-ring (bicyclic) bond motifs is 1. The van der Waals surface area contributed by atoms with Crippen molar-refractivity contribution in [3.63, 3.8) is 0 Å². The molecule has 1 aromatic carbocycles. The van der Waals surface area contributed by atoms with Gasteiger partial charge in [-0.15, -0.1) is 0 Å². The molecular formula is C19H22N4O. The van der Waals surface area contributed by atoms with Crippen molar-refractivity contribution in [2.45, 2.75) is 25.2 Å². The molecule has 0 bridgehead atoms. The normalized spacial score (nSPS) is 20.1. The van der Waals surface area contributed by atoms with E-state index < -0.39 is 0 Å². The van der Waals surface area contributed by atoms with Crippen LogP contribution in [0.25, 0.3) is 0 Å². The molecule has 2 aromatic rings. The Hall–Kier alpha value is -2.43. The minimum atomic E-state index is 0.283. The number of aryl methyl sites for hydroxylation is 1. The second kappa shape index (κ2) is 6.59. The quantitative estimate of drug-likeness (QED) is 0.870. The zero-order valence-electron chi connectivity index (χ0n) is 13.8. The molecule has 1 aromatic heterocycles. The highest BCUT2D eigenvalue weighted by atomic mass is 16.2. The lowest BCUT2D eigenvalue weighted by atomic mass is 9.97. The summed E-state index contributed by atoms with van der Waals surface area (Å²) in [6, 6.07) is 10.4. The van der Waals surface area contributed by atoms with E-state index in [9.17, 15) is 4.79 Å². The second-order valence-corrected chi connectivity index (χ2v) is 6.56. The highest BCUT2D eigenvalue weighted by Crippen LogP contribution is 2.35. The van der Waals surface area contributed by atoms with Crippen molar-refractivity contribution in [2.75, 3.05) is 31.1 Å². The van der Waals surface area contributed by atoms with Crippen molar-refractivity contribution in [1.29, 1.82) is 0 Å². The summed E-state index contributed by atoms with van der Waals surface area (Å²) in [6.45, 7) is 3.12. The van der Waals surface area contributed by atoms with Crippen LogP contribution in [0.2, 0.25) is 0 Å². The van der Waals surface area contributed by atoms with Gasteiger partial charge in [0, 0.05) is 45.0 Å². The number of benzene rings is 1. The molecule has 0 spiro atoms. The Labute approximate surface area is 142 Å². The Morgan fingerprint density at radius 3 is 2.58 bits per heavy atom. The van der Waals surface area contributed by atoms with Crippen LogP contribution < -0.4 is 4.90 Å². The van der Waals surface area contributed by atoms with E-state index in [1.807, 2.05) is 11.0 Å². The van der Waals surface area contributed by atoms with Crippen molar-refractivity contribution in [2.24, 2.45) is 0 Å². The third kappa shape index (κ3) is 2.98. The molecule has 5 nitrogen and oxygen atoms in total. The first-order valence-electron chi connectivity index (χ1n) is 8.69. The van der Waals surface area contributed by atoms with Crippen LogP contribution >= 0.6 is 0 Å². The average Bonchev–Trinajstić information content (AvgIpc) is 3.06. The third-order valence-corrected chi connectivity index (χ3v) is 5.15. The standard InChI is InChI=1S/C19H22N4O/c24-18(14-16-7-6-15-4-1-2-5-17(15)16)22-10-12-23(13-11-22)19-20-8-3-9-21-19/h1-5,8-9,16H,6-7,10-14H2/t16-/m1/s1. The van der Waals surface area contributed by atoms with E-state index in [2.05, 4.69) is 39.1 Å². The summed E-state index contributed by atoms with van der Waals surface area (Å²) in [7, 11) is 0. The van der Waals surface area contributed by atoms with Crippen molar-refractivity contribution in [3.05, 3.63) is 53.9 Å². The van der Waals surface area contributed by atoms with Crippen molar-refractivity contribution >= 4 is 11.9 Å². The number of amides is 1. The van der Waals surface area contributed by atoms with Crippen LogP contribution in [-0.2, 0) is 11.2 Å². The van der Waals surface area contributed by atoms with Gasteiger partial charge in [0.25, 0.3) is 0 Å². The first kappa shape index (κ1) is 15.1. The van der Waals surface area contributed by atoms with Crippen LogP contribution in [0.1, 0.15) is 29.9 Å². The van der Waals surface area contributed by atoms with Crippen molar-refractivity contribution in [1.82, 2.24) is 14.9 Å². The molecule has 1 aliphatic carbocycles. The monoisotopic (exact) mass is 322 g/mol. The van der Waals surface area contributed by atoms with Gasteiger partial charge in [0.15, 0.2) is 0 Å². The second-order valence-electron chi connectivity index (χ2n) is 6.56. The van der Waals surface area contributed by atoms with E-state index in [1.54, 1.807) is 12.4 Å². The van der Waals surface area contributed by atoms with Gasteiger partial charge in [0.1, 0.15) is 0 Å². The van der Waals surface area contributed by atoms with E-state index in [-0.39, 0.29) is 5.91 Å². The predicted molar refractivity (Wildman–Crippen MR) is 92.9 cm³/mol. The maximum absolute atomic E-state index is 12.7. The van der Waals surface area contributed by atoms with Crippen LogP contribution in [0.15, 0.2) is 42.7 Å². The van der Waals surface area contributed by atoms with Gasteiger partial charge < -0.3 is 9.80 Å². The first-order valence-corrected chi connectivity index (χ1v) is 8.69. The highest BCUT2D eigenvalue weighted by Gasteiger charge is 2.28. The summed E-state index contributed by atoms with van der Waals surface area (Å²) in [4.78, 5) is 25.4. The summed E-state index contributed by atoms with van der Waals surface area (Å²) in [5.74, 6) is 1.43. The molecule has 24 heavy (non-hydrogen) atoms. The van der Waals surface area contributed by atoms with Crippen molar-refractivity contribution in [3.8, 4) is 0 Å². The van der Waals surface area contributed by atoms with E-state index in [0.717, 1.165) is 45.0 Å². The molecule has 4 rings (SSSR count). The van der Waals surface area contributed by atoms with Crippen LogP contribution in [-0.4, -0.2) is 47.0 Å². The Balaban J connectivity index is 1.34. The van der Waals surface area contributed by atoms with E-state index in [1.165, 1.54) is 11.1 Å². The fourth-order valence-corrected chi connectivity index (χ4v) is 3.81. The predicted octanol–water partition coefficient (Wildman–Crippen LogP) is 2.25. The van der Waals surface area contributed by atoms with E-state index in [0.29, 0.717) is 12.3 Å². The van der Waals surface area contributed by atoms with Crippen LogP contribution in [0.3, 0.4) is 0 Å². The lowest BCUT2D eigenvalue weighted by molar-refractivity contribution is -0.131. The number of hydrogen-bond donors (Lipinski definition) is 0. The lowest BCUT2D eigenvalue weighted by Gasteiger charge is -2.35. The molecule has 1 atom stereocenters. The molecule has 1 saturated heterocycles. The van der Waals surface area contributed by atoms with Crippen LogP contribution in [0, 0.1) is 0 Å². The summed E-state index contributed by atoms with van der Waals surface area (Å²) in [6.07, 6.45) is 6.36. The maximum Gasteiger partial charge on any atom is 0.225 e. The number of rotatable bonds is 3. The largest absolute Gasteiger partial charge is 0.339 e. The summed E-state index contributed by atoms with van der Waals surface area (Å²) in [5, 5.41) is 0. The SMILES string of the molecule is O=C(C[C@H]1CCc2ccccc21)N1CCN(c2ncccn2)CC1. The molecule has 0 radical (unpaired) electrons. The molecule has 0 N–H and O–H groups in total. The number of nitrogens with zero attached hydrogens (tertiary/aromatic N) is 4. The van der Waals surface area contributed by atoms with Gasteiger partial charge >= 0.3 is 0 Å². The Morgan fingerprint density at radius 1 is 1.04 bits per heavy atom. The fourth-order valence-electron chi connectivity index (χ4n) is 3.81. The fraction of sp³-hybridized carbons (Fsp3) is 0.421. The van der Waals surface area contributed by atoms with Crippen LogP contribution in [0.5, 0.6) is 0 Å².